The van der Waals surface area contributed by atoms with E-state index in [1.54, 1.807) is 4.90 Å². The molecule has 2 amide bonds. The van der Waals surface area contributed by atoms with Crippen molar-refractivity contribution in [2.24, 2.45) is 0 Å². The number of hydrogen-bond acceptors (Lipinski definition) is 2. The zero-order chi connectivity index (χ0) is 18.0. The third-order valence-corrected chi connectivity index (χ3v) is 4.65. The van der Waals surface area contributed by atoms with Gasteiger partial charge in [0, 0.05) is 17.4 Å². The number of rotatable bonds is 4. The van der Waals surface area contributed by atoms with Gasteiger partial charge >= 0.3 is 0 Å². The lowest BCUT2D eigenvalue weighted by Gasteiger charge is -2.22. The van der Waals surface area contributed by atoms with Crippen LogP contribution in [0.3, 0.4) is 0 Å². The van der Waals surface area contributed by atoms with E-state index in [0.717, 1.165) is 23.4 Å². The Morgan fingerprint density at radius 2 is 1.80 bits per heavy atom. The monoisotopic (exact) mass is 336 g/mol. The molecule has 1 aliphatic heterocycles. The molecule has 1 atom stereocenters. The van der Waals surface area contributed by atoms with Crippen LogP contribution >= 0.6 is 0 Å². The van der Waals surface area contributed by atoms with Crippen molar-refractivity contribution in [3.63, 3.8) is 0 Å². The van der Waals surface area contributed by atoms with Crippen LogP contribution < -0.4 is 10.2 Å². The summed E-state index contributed by atoms with van der Waals surface area (Å²) in [5, 5.41) is 2.81. The summed E-state index contributed by atoms with van der Waals surface area (Å²) in [5.74, 6) is 0.00989. The van der Waals surface area contributed by atoms with Gasteiger partial charge < -0.3 is 10.2 Å². The minimum absolute atomic E-state index is 0.0861. The normalized spacial score (nSPS) is 16.0. The highest BCUT2D eigenvalue weighted by atomic mass is 16.2. The third-order valence-electron chi connectivity index (χ3n) is 4.65. The summed E-state index contributed by atoms with van der Waals surface area (Å²) in [6.07, 6.45) is 0.685. The number of nitrogens with one attached hydrogen (secondary N) is 1. The maximum absolute atomic E-state index is 12.6. The average molecular weight is 336 g/mol. The van der Waals surface area contributed by atoms with Crippen molar-refractivity contribution in [2.75, 3.05) is 10.2 Å². The fraction of sp³-hybridized carbons (Fsp3) is 0.333. The predicted octanol–water partition coefficient (Wildman–Crippen LogP) is 4.12. The van der Waals surface area contributed by atoms with Crippen molar-refractivity contribution >= 4 is 23.2 Å². The predicted molar refractivity (Wildman–Crippen MR) is 101 cm³/mol. The maximum atomic E-state index is 12.6. The Kier molecular flexibility index (Phi) is 4.88. The van der Waals surface area contributed by atoms with Crippen LogP contribution in [0, 0.1) is 0 Å². The molecule has 4 heteroatoms. The molecule has 1 unspecified atom stereocenters. The van der Waals surface area contributed by atoms with E-state index in [-0.39, 0.29) is 24.3 Å². The molecule has 0 bridgehead atoms. The van der Waals surface area contributed by atoms with E-state index in [2.05, 4.69) is 19.2 Å². The average Bonchev–Trinajstić information content (AvgIpc) is 2.90. The molecule has 0 saturated carbocycles. The third kappa shape index (κ3) is 3.73. The molecule has 0 spiro atoms. The molecule has 1 aliphatic rings. The number of anilines is 2. The number of carbonyl (C=O) groups excluding carboxylic acids is 2. The highest BCUT2D eigenvalue weighted by Crippen LogP contribution is 2.32. The molecule has 0 radical (unpaired) electrons. The first-order chi connectivity index (χ1) is 12.0. The van der Waals surface area contributed by atoms with Crippen LogP contribution in [0.2, 0.25) is 0 Å². The molecule has 4 nitrogen and oxygen atoms in total. The standard InChI is InChI=1S/C21H24N2O2/c1-14(2)16-8-10-18(11-9-16)22-20(24)13-21(25)23-15(3)12-17-6-4-5-7-19(17)23/h4-11,14-15H,12-13H2,1-3H3,(H,22,24). The Morgan fingerprint density at radius 3 is 2.48 bits per heavy atom. The van der Waals surface area contributed by atoms with E-state index in [1.165, 1.54) is 5.56 Å². The lowest BCUT2D eigenvalue weighted by Crippen LogP contribution is -2.37. The van der Waals surface area contributed by atoms with Gasteiger partial charge in [0.25, 0.3) is 0 Å². The second-order valence-corrected chi connectivity index (χ2v) is 6.95. The van der Waals surface area contributed by atoms with Crippen LogP contribution in [-0.4, -0.2) is 17.9 Å². The van der Waals surface area contributed by atoms with Crippen molar-refractivity contribution in [3.05, 3.63) is 59.7 Å². The Balaban J connectivity index is 1.64. The van der Waals surface area contributed by atoms with Gasteiger partial charge in [-0.2, -0.15) is 0 Å². The van der Waals surface area contributed by atoms with Crippen molar-refractivity contribution in [1.82, 2.24) is 0 Å². The molecule has 3 rings (SSSR count). The summed E-state index contributed by atoms with van der Waals surface area (Å²) >= 11 is 0. The highest BCUT2D eigenvalue weighted by Gasteiger charge is 2.31. The molecule has 0 aromatic heterocycles. The van der Waals surface area contributed by atoms with Crippen molar-refractivity contribution in [3.8, 4) is 0 Å². The van der Waals surface area contributed by atoms with E-state index in [1.807, 2.05) is 55.5 Å². The number of benzene rings is 2. The van der Waals surface area contributed by atoms with Crippen LogP contribution in [0.15, 0.2) is 48.5 Å². The fourth-order valence-corrected chi connectivity index (χ4v) is 3.32. The van der Waals surface area contributed by atoms with Gasteiger partial charge in [-0.3, -0.25) is 9.59 Å². The molecular weight excluding hydrogens is 312 g/mol. The summed E-state index contributed by atoms with van der Waals surface area (Å²) < 4.78 is 0. The number of amides is 2. The SMILES string of the molecule is CC(C)c1ccc(NC(=O)CC(=O)N2c3ccccc3CC2C)cc1. The number of hydrogen-bond donors (Lipinski definition) is 1. The van der Waals surface area contributed by atoms with Crippen molar-refractivity contribution in [2.45, 2.75) is 45.6 Å². The molecule has 2 aromatic carbocycles. The Labute approximate surface area is 148 Å². The van der Waals surface area contributed by atoms with E-state index < -0.39 is 0 Å². The molecule has 130 valence electrons. The van der Waals surface area contributed by atoms with Gasteiger partial charge in [-0.15, -0.1) is 0 Å². The number of carbonyl (C=O) groups is 2. The summed E-state index contributed by atoms with van der Waals surface area (Å²) in [5.41, 5.74) is 4.02. The van der Waals surface area contributed by atoms with Crippen LogP contribution in [-0.2, 0) is 16.0 Å². The lowest BCUT2D eigenvalue weighted by atomic mass is 10.0. The largest absolute Gasteiger partial charge is 0.326 e. The minimum atomic E-state index is -0.279. The smallest absolute Gasteiger partial charge is 0.236 e. The van der Waals surface area contributed by atoms with Gasteiger partial charge in [0.1, 0.15) is 6.42 Å². The molecule has 25 heavy (non-hydrogen) atoms. The molecule has 1 heterocycles. The van der Waals surface area contributed by atoms with Gasteiger partial charge in [-0.1, -0.05) is 44.2 Å². The molecule has 0 saturated heterocycles. The Hall–Kier alpha value is -2.62. The molecule has 0 aliphatic carbocycles. The van der Waals surface area contributed by atoms with E-state index >= 15 is 0 Å². The van der Waals surface area contributed by atoms with E-state index in [4.69, 9.17) is 0 Å². The van der Waals surface area contributed by atoms with Gasteiger partial charge in [-0.25, -0.2) is 0 Å². The van der Waals surface area contributed by atoms with E-state index in [0.29, 0.717) is 5.92 Å². The number of para-hydroxylation sites is 1. The Morgan fingerprint density at radius 1 is 1.12 bits per heavy atom. The second-order valence-electron chi connectivity index (χ2n) is 6.95. The lowest BCUT2D eigenvalue weighted by molar-refractivity contribution is -0.125. The number of fused-ring (bicyclic) bond motifs is 1. The van der Waals surface area contributed by atoms with Gasteiger partial charge in [-0.05, 0) is 48.6 Å². The fourth-order valence-electron chi connectivity index (χ4n) is 3.32. The molecule has 0 fully saturated rings. The van der Waals surface area contributed by atoms with E-state index in [9.17, 15) is 9.59 Å². The first kappa shape index (κ1) is 17.2. The van der Waals surface area contributed by atoms with Crippen LogP contribution in [0.1, 0.15) is 44.2 Å². The first-order valence-corrected chi connectivity index (χ1v) is 8.75. The Bertz CT molecular complexity index is 781. The van der Waals surface area contributed by atoms with Crippen LogP contribution in [0.5, 0.6) is 0 Å². The summed E-state index contributed by atoms with van der Waals surface area (Å²) in [7, 11) is 0. The topological polar surface area (TPSA) is 49.4 Å². The van der Waals surface area contributed by atoms with Gasteiger partial charge in [0.2, 0.25) is 11.8 Å². The molecule has 1 N–H and O–H groups in total. The first-order valence-electron chi connectivity index (χ1n) is 8.75. The summed E-state index contributed by atoms with van der Waals surface area (Å²) in [4.78, 5) is 26.6. The molecular formula is C21H24N2O2. The minimum Gasteiger partial charge on any atom is -0.326 e. The van der Waals surface area contributed by atoms with Gasteiger partial charge in [0.05, 0.1) is 0 Å². The highest BCUT2D eigenvalue weighted by molar-refractivity contribution is 6.10. The quantitative estimate of drug-likeness (QED) is 0.854. The zero-order valence-corrected chi connectivity index (χ0v) is 15.0. The molecule has 2 aromatic rings. The maximum Gasteiger partial charge on any atom is 0.236 e. The zero-order valence-electron chi connectivity index (χ0n) is 15.0. The van der Waals surface area contributed by atoms with Crippen molar-refractivity contribution < 1.29 is 9.59 Å². The number of nitrogens with zero attached hydrogens (tertiary/aromatic N) is 1. The van der Waals surface area contributed by atoms with Crippen LogP contribution in [0.25, 0.3) is 0 Å². The second kappa shape index (κ2) is 7.09. The summed E-state index contributed by atoms with van der Waals surface area (Å²) in [6, 6.07) is 15.7. The summed E-state index contributed by atoms with van der Waals surface area (Å²) in [6.45, 7) is 6.27. The van der Waals surface area contributed by atoms with Crippen molar-refractivity contribution in [1.29, 1.82) is 0 Å². The van der Waals surface area contributed by atoms with Gasteiger partial charge in [0.15, 0.2) is 0 Å². The van der Waals surface area contributed by atoms with Crippen LogP contribution in [0.4, 0.5) is 11.4 Å².